The maximum Gasteiger partial charge on any atom is 0.240 e. The summed E-state index contributed by atoms with van der Waals surface area (Å²) in [4.78, 5) is 25.0. The van der Waals surface area contributed by atoms with E-state index in [1.165, 1.54) is 0 Å². The van der Waals surface area contributed by atoms with Gasteiger partial charge >= 0.3 is 0 Å². The molecule has 9 nitrogen and oxygen atoms in total. The molecule has 2 atom stereocenters. The van der Waals surface area contributed by atoms with E-state index in [2.05, 4.69) is 20.3 Å². The fourth-order valence-electron chi connectivity index (χ4n) is 3.91. The molecule has 9 heteroatoms. The molecule has 2 aromatic carbocycles. The highest BCUT2D eigenvalue weighted by Gasteiger charge is 2.34. The summed E-state index contributed by atoms with van der Waals surface area (Å²) < 4.78 is 1.71. The van der Waals surface area contributed by atoms with Crippen molar-refractivity contribution >= 4 is 23.1 Å². The molecule has 0 aliphatic carbocycles. The molecule has 33 heavy (non-hydrogen) atoms. The third-order valence-corrected chi connectivity index (χ3v) is 5.60. The first kappa shape index (κ1) is 20.5. The SMILES string of the molecule is CC(N[C@H]1N=CC=C(n2cnc3cc(-c4ccncc4)ccc32)N1[N+](=O)[O-])c1ccccc1. The van der Waals surface area contributed by atoms with E-state index in [4.69, 9.17) is 0 Å². The number of nitro groups is 1. The maximum absolute atomic E-state index is 12.1. The summed E-state index contributed by atoms with van der Waals surface area (Å²) in [5.41, 5.74) is 4.53. The fourth-order valence-corrected chi connectivity index (χ4v) is 3.91. The van der Waals surface area contributed by atoms with Crippen LogP contribution < -0.4 is 5.32 Å². The van der Waals surface area contributed by atoms with Crippen LogP contribution >= 0.6 is 0 Å². The highest BCUT2D eigenvalue weighted by atomic mass is 16.7. The van der Waals surface area contributed by atoms with E-state index in [0.717, 1.165) is 32.7 Å². The molecule has 0 radical (unpaired) electrons. The molecular weight excluding hydrogens is 418 g/mol. The van der Waals surface area contributed by atoms with E-state index in [1.54, 1.807) is 35.6 Å². The van der Waals surface area contributed by atoms with E-state index < -0.39 is 11.3 Å². The van der Waals surface area contributed by atoms with Gasteiger partial charge in [0, 0.05) is 30.7 Å². The molecule has 1 N–H and O–H groups in total. The monoisotopic (exact) mass is 439 g/mol. The topological polar surface area (TPSA) is 101 Å². The van der Waals surface area contributed by atoms with Crippen molar-refractivity contribution < 1.29 is 5.03 Å². The minimum absolute atomic E-state index is 0.141. The van der Waals surface area contributed by atoms with Crippen molar-refractivity contribution in [3.05, 3.63) is 101 Å². The van der Waals surface area contributed by atoms with Crippen LogP contribution in [0.25, 0.3) is 28.0 Å². The highest BCUT2D eigenvalue weighted by Crippen LogP contribution is 2.28. The number of allylic oxidation sites excluding steroid dienone is 1. The normalized spacial score (nSPS) is 16.6. The first-order chi connectivity index (χ1) is 16.1. The second-order valence-corrected chi connectivity index (χ2v) is 7.63. The van der Waals surface area contributed by atoms with Crippen molar-refractivity contribution in [3.8, 4) is 11.1 Å². The lowest BCUT2D eigenvalue weighted by Crippen LogP contribution is -2.49. The number of aliphatic imine (C=N–C) groups is 1. The Morgan fingerprint density at radius 2 is 1.85 bits per heavy atom. The zero-order valence-corrected chi connectivity index (χ0v) is 17.8. The predicted molar refractivity (Wildman–Crippen MR) is 126 cm³/mol. The lowest BCUT2D eigenvalue weighted by Gasteiger charge is -2.29. The third kappa shape index (κ3) is 3.97. The Kier molecular flexibility index (Phi) is 5.37. The standard InChI is InChI=1S/C24H21N7O2/c1-17(18-5-3-2-4-6-18)28-24-26-14-11-23(30(24)31(32)33)29-16-27-21-15-20(7-8-22(21)29)19-9-12-25-13-10-19/h2-17,24,28H,1H3/t17?,24-/m1/s1. The molecule has 0 bridgehead atoms. The van der Waals surface area contributed by atoms with Crippen molar-refractivity contribution in [2.75, 3.05) is 0 Å². The second-order valence-electron chi connectivity index (χ2n) is 7.63. The number of benzene rings is 2. The van der Waals surface area contributed by atoms with Gasteiger partial charge in [0.1, 0.15) is 6.33 Å². The molecule has 2 aromatic heterocycles. The molecule has 0 fully saturated rings. The molecule has 0 amide bonds. The summed E-state index contributed by atoms with van der Waals surface area (Å²) in [7, 11) is 0. The Balaban J connectivity index is 1.47. The van der Waals surface area contributed by atoms with Crippen LogP contribution in [0.2, 0.25) is 0 Å². The van der Waals surface area contributed by atoms with Crippen LogP contribution in [0.4, 0.5) is 0 Å². The Morgan fingerprint density at radius 1 is 1.06 bits per heavy atom. The van der Waals surface area contributed by atoms with Gasteiger partial charge in [-0.15, -0.1) is 0 Å². The van der Waals surface area contributed by atoms with Gasteiger partial charge in [0.15, 0.2) is 10.9 Å². The van der Waals surface area contributed by atoms with Crippen molar-refractivity contribution in [2.24, 2.45) is 4.99 Å². The number of nitrogens with one attached hydrogen (secondary N) is 1. The number of pyridine rings is 1. The smallest absolute Gasteiger partial charge is 0.240 e. The van der Waals surface area contributed by atoms with Gasteiger partial charge in [0.2, 0.25) is 6.29 Å². The number of hydrogen-bond acceptors (Lipinski definition) is 6. The second kappa shape index (κ2) is 8.64. The Hall–Kier alpha value is -4.37. The van der Waals surface area contributed by atoms with Crippen LogP contribution in [0, 0.1) is 10.1 Å². The van der Waals surface area contributed by atoms with Gasteiger partial charge in [-0.3, -0.25) is 14.9 Å². The number of imidazole rings is 1. The lowest BCUT2D eigenvalue weighted by atomic mass is 10.1. The largest absolute Gasteiger partial charge is 0.280 e. The van der Waals surface area contributed by atoms with Crippen LogP contribution in [0.15, 0.2) is 90.5 Å². The molecule has 0 spiro atoms. The molecule has 1 aliphatic rings. The number of rotatable bonds is 6. The van der Waals surface area contributed by atoms with Crippen LogP contribution in [0.1, 0.15) is 18.5 Å². The zero-order valence-electron chi connectivity index (χ0n) is 17.8. The van der Waals surface area contributed by atoms with E-state index in [0.29, 0.717) is 5.82 Å². The Bertz CT molecular complexity index is 1350. The summed E-state index contributed by atoms with van der Waals surface area (Å²) in [6.07, 6.45) is 7.41. The molecule has 1 unspecified atom stereocenters. The summed E-state index contributed by atoms with van der Waals surface area (Å²) in [6, 6.07) is 19.3. The predicted octanol–water partition coefficient (Wildman–Crippen LogP) is 4.11. The van der Waals surface area contributed by atoms with E-state index in [9.17, 15) is 10.1 Å². The highest BCUT2D eigenvalue weighted by molar-refractivity contribution is 5.87. The fraction of sp³-hybridized carbons (Fsp3) is 0.125. The Morgan fingerprint density at radius 3 is 2.61 bits per heavy atom. The molecule has 3 heterocycles. The van der Waals surface area contributed by atoms with Gasteiger partial charge in [-0.1, -0.05) is 36.4 Å². The quantitative estimate of drug-likeness (QED) is 0.358. The molecule has 1 aliphatic heterocycles. The molecular formula is C24H21N7O2. The van der Waals surface area contributed by atoms with Crippen molar-refractivity contribution in [3.63, 3.8) is 0 Å². The number of aromatic nitrogens is 3. The summed E-state index contributed by atoms with van der Waals surface area (Å²) >= 11 is 0. The van der Waals surface area contributed by atoms with Crippen LogP contribution in [-0.2, 0) is 0 Å². The first-order valence-electron chi connectivity index (χ1n) is 10.5. The van der Waals surface area contributed by atoms with Crippen LogP contribution in [0.5, 0.6) is 0 Å². The van der Waals surface area contributed by atoms with E-state index in [-0.39, 0.29) is 6.04 Å². The minimum atomic E-state index is -0.872. The van der Waals surface area contributed by atoms with Gasteiger partial charge in [-0.25, -0.2) is 20.1 Å². The average Bonchev–Trinajstić information content (AvgIpc) is 3.28. The van der Waals surface area contributed by atoms with Gasteiger partial charge in [0.25, 0.3) is 0 Å². The van der Waals surface area contributed by atoms with E-state index >= 15 is 0 Å². The summed E-state index contributed by atoms with van der Waals surface area (Å²) in [5.74, 6) is 0.354. The minimum Gasteiger partial charge on any atom is -0.280 e. The van der Waals surface area contributed by atoms with Crippen LogP contribution in [0.3, 0.4) is 0 Å². The number of hydrazine groups is 1. The molecule has 4 aromatic rings. The maximum atomic E-state index is 12.1. The van der Waals surface area contributed by atoms with Gasteiger partial charge in [-0.2, -0.15) is 0 Å². The molecule has 164 valence electrons. The number of hydrogen-bond donors (Lipinski definition) is 1. The van der Waals surface area contributed by atoms with Crippen LogP contribution in [-0.4, -0.2) is 37.1 Å². The van der Waals surface area contributed by atoms with Crippen molar-refractivity contribution in [1.29, 1.82) is 0 Å². The zero-order chi connectivity index (χ0) is 22.8. The molecule has 0 saturated heterocycles. The molecule has 0 saturated carbocycles. The number of nitrogens with zero attached hydrogens (tertiary/aromatic N) is 6. The lowest BCUT2D eigenvalue weighted by molar-refractivity contribution is -0.645. The van der Waals surface area contributed by atoms with Gasteiger partial charge in [-0.05, 0) is 52.9 Å². The number of fused-ring (bicyclic) bond motifs is 1. The third-order valence-electron chi connectivity index (χ3n) is 5.60. The van der Waals surface area contributed by atoms with E-state index in [1.807, 2.05) is 67.6 Å². The van der Waals surface area contributed by atoms with Gasteiger partial charge in [0.05, 0.1) is 11.0 Å². The first-order valence-corrected chi connectivity index (χ1v) is 10.5. The summed E-state index contributed by atoms with van der Waals surface area (Å²) in [5, 5.41) is 15.9. The molecule has 5 rings (SSSR count). The Labute approximate surface area is 189 Å². The van der Waals surface area contributed by atoms with Gasteiger partial charge < -0.3 is 0 Å². The van der Waals surface area contributed by atoms with Crippen molar-refractivity contribution in [1.82, 2.24) is 24.9 Å². The summed E-state index contributed by atoms with van der Waals surface area (Å²) in [6.45, 7) is 1.95. The average molecular weight is 439 g/mol. The van der Waals surface area contributed by atoms with Crippen molar-refractivity contribution in [2.45, 2.75) is 19.3 Å².